The minimum atomic E-state index is -0.731. The third kappa shape index (κ3) is 2.69. The van der Waals surface area contributed by atoms with Gasteiger partial charge in [-0.05, 0) is 30.7 Å². The van der Waals surface area contributed by atoms with E-state index in [9.17, 15) is 14.0 Å². The Kier molecular flexibility index (Phi) is 3.62. The van der Waals surface area contributed by atoms with E-state index in [0.29, 0.717) is 24.3 Å². The molecule has 0 bridgehead atoms. The van der Waals surface area contributed by atoms with Gasteiger partial charge >= 0.3 is 0 Å². The molecule has 1 aliphatic rings. The highest BCUT2D eigenvalue weighted by Gasteiger charge is 2.37. The number of aromatic nitrogens is 2. The number of carbonyl (C=O) groups excluding carboxylic acids is 2. The summed E-state index contributed by atoms with van der Waals surface area (Å²) in [7, 11) is 1.74. The molecule has 1 aromatic carbocycles. The van der Waals surface area contributed by atoms with Crippen molar-refractivity contribution in [2.24, 2.45) is 13.0 Å². The maximum Gasteiger partial charge on any atom is 0.239 e. The molecule has 22 heavy (non-hydrogen) atoms. The number of anilines is 2. The molecule has 2 amide bonds. The summed E-state index contributed by atoms with van der Waals surface area (Å²) in [6, 6.07) is 5.67. The molecule has 1 N–H and O–H groups in total. The number of nitrogens with zero attached hydrogens (tertiary/aromatic N) is 3. The van der Waals surface area contributed by atoms with Gasteiger partial charge in [-0.2, -0.15) is 5.10 Å². The Morgan fingerprint density at radius 2 is 2.09 bits per heavy atom. The summed E-state index contributed by atoms with van der Waals surface area (Å²) in [6.45, 7) is 0.440. The van der Waals surface area contributed by atoms with Gasteiger partial charge in [-0.3, -0.25) is 14.3 Å². The largest absolute Gasteiger partial charge is 0.323 e. The summed E-state index contributed by atoms with van der Waals surface area (Å²) >= 11 is 0. The van der Waals surface area contributed by atoms with Gasteiger partial charge in [-0.15, -0.1) is 0 Å². The van der Waals surface area contributed by atoms with Gasteiger partial charge in [0.15, 0.2) is 0 Å². The maximum atomic E-state index is 12.9. The molecule has 0 radical (unpaired) electrons. The van der Waals surface area contributed by atoms with Crippen molar-refractivity contribution in [3.63, 3.8) is 0 Å². The molecule has 1 fully saturated rings. The fraction of sp³-hybridized carbons (Fsp3) is 0.267. The molecule has 1 saturated heterocycles. The zero-order valence-corrected chi connectivity index (χ0v) is 12.0. The van der Waals surface area contributed by atoms with Gasteiger partial charge in [0.05, 0.1) is 11.9 Å². The number of benzene rings is 1. The lowest BCUT2D eigenvalue weighted by Gasteiger charge is -2.16. The molecule has 6 nitrogen and oxygen atoms in total. The van der Waals surface area contributed by atoms with Crippen LogP contribution in [0.2, 0.25) is 0 Å². The molecule has 1 atom stereocenters. The van der Waals surface area contributed by atoms with Gasteiger partial charge in [0.1, 0.15) is 11.7 Å². The van der Waals surface area contributed by atoms with Crippen molar-refractivity contribution in [1.29, 1.82) is 0 Å². The second-order valence-electron chi connectivity index (χ2n) is 5.20. The molecule has 114 valence electrons. The first-order valence-corrected chi connectivity index (χ1v) is 6.91. The van der Waals surface area contributed by atoms with Crippen LogP contribution in [0.3, 0.4) is 0 Å². The second-order valence-corrected chi connectivity index (χ2v) is 5.20. The maximum absolute atomic E-state index is 12.9. The van der Waals surface area contributed by atoms with E-state index in [4.69, 9.17) is 0 Å². The van der Waals surface area contributed by atoms with E-state index < -0.39 is 5.92 Å². The van der Waals surface area contributed by atoms with Crippen molar-refractivity contribution in [3.05, 3.63) is 42.5 Å². The summed E-state index contributed by atoms with van der Waals surface area (Å²) < 4.78 is 14.5. The molecule has 2 heterocycles. The van der Waals surface area contributed by atoms with Gasteiger partial charge < -0.3 is 10.2 Å². The van der Waals surface area contributed by atoms with Crippen LogP contribution in [0.4, 0.5) is 15.8 Å². The van der Waals surface area contributed by atoms with E-state index in [1.54, 1.807) is 17.9 Å². The first-order valence-electron chi connectivity index (χ1n) is 6.91. The lowest BCUT2D eigenvalue weighted by atomic mass is 10.1. The number of hydrogen-bond donors (Lipinski definition) is 1. The highest BCUT2D eigenvalue weighted by atomic mass is 19.1. The Morgan fingerprint density at radius 1 is 1.36 bits per heavy atom. The monoisotopic (exact) mass is 302 g/mol. The number of nitrogens with one attached hydrogen (secondary N) is 1. The van der Waals surface area contributed by atoms with E-state index in [-0.39, 0.29) is 17.6 Å². The molecule has 0 saturated carbocycles. The summed E-state index contributed by atoms with van der Waals surface area (Å²) in [4.78, 5) is 26.1. The summed E-state index contributed by atoms with van der Waals surface area (Å²) in [5.74, 6) is -1.71. The topological polar surface area (TPSA) is 67.2 Å². The highest BCUT2D eigenvalue weighted by molar-refractivity contribution is 6.13. The van der Waals surface area contributed by atoms with Crippen molar-refractivity contribution in [3.8, 4) is 0 Å². The van der Waals surface area contributed by atoms with E-state index in [2.05, 4.69) is 10.4 Å². The van der Waals surface area contributed by atoms with Crippen LogP contribution < -0.4 is 10.2 Å². The zero-order chi connectivity index (χ0) is 15.7. The fourth-order valence-corrected chi connectivity index (χ4v) is 2.52. The normalized spacial score (nSPS) is 17.8. The van der Waals surface area contributed by atoms with Crippen molar-refractivity contribution >= 4 is 23.2 Å². The van der Waals surface area contributed by atoms with Crippen LogP contribution in [0.5, 0.6) is 0 Å². The van der Waals surface area contributed by atoms with Gasteiger partial charge in [0, 0.05) is 25.5 Å². The average Bonchev–Trinajstić information content (AvgIpc) is 3.06. The lowest BCUT2D eigenvalue weighted by molar-refractivity contribution is -0.129. The highest BCUT2D eigenvalue weighted by Crippen LogP contribution is 2.26. The molecule has 1 aromatic heterocycles. The summed E-state index contributed by atoms with van der Waals surface area (Å²) in [5.41, 5.74) is 1.16. The first kappa shape index (κ1) is 14.2. The molecular weight excluding hydrogens is 287 g/mol. The average molecular weight is 302 g/mol. The Labute approximate surface area is 126 Å². The quantitative estimate of drug-likeness (QED) is 0.875. The van der Waals surface area contributed by atoms with Crippen molar-refractivity contribution < 1.29 is 14.0 Å². The van der Waals surface area contributed by atoms with Gasteiger partial charge in [0.25, 0.3) is 0 Å². The Hall–Kier alpha value is -2.70. The van der Waals surface area contributed by atoms with Crippen LogP contribution in [0.1, 0.15) is 6.42 Å². The first-order chi connectivity index (χ1) is 10.5. The molecule has 0 aliphatic carbocycles. The second kappa shape index (κ2) is 5.59. The molecule has 2 aromatic rings. The standard InChI is InChI=1S/C15H15FN4O2/c1-19-9-11(8-17-19)18-14(21)13-6-7-20(15(13)22)12-4-2-10(16)3-5-12/h2-5,8-9,13H,6-7H2,1H3,(H,18,21). The summed E-state index contributed by atoms with van der Waals surface area (Å²) in [5, 5.41) is 6.64. The number of aryl methyl sites for hydroxylation is 1. The Balaban J connectivity index is 1.70. The minimum absolute atomic E-state index is 0.270. The molecule has 7 heteroatoms. The van der Waals surface area contributed by atoms with Crippen LogP contribution in [0.25, 0.3) is 0 Å². The molecule has 0 spiro atoms. The van der Waals surface area contributed by atoms with E-state index >= 15 is 0 Å². The predicted octanol–water partition coefficient (Wildman–Crippen LogP) is 1.55. The molecule has 1 aliphatic heterocycles. The summed E-state index contributed by atoms with van der Waals surface area (Å²) in [6.07, 6.45) is 3.62. The third-order valence-corrected chi connectivity index (χ3v) is 3.63. The Morgan fingerprint density at radius 3 is 2.73 bits per heavy atom. The molecule has 3 rings (SSSR count). The van der Waals surface area contributed by atoms with Gasteiger partial charge in [-0.25, -0.2) is 4.39 Å². The number of halogens is 1. The van der Waals surface area contributed by atoms with Gasteiger partial charge in [-0.1, -0.05) is 0 Å². The molecule has 1 unspecified atom stereocenters. The molecular formula is C15H15FN4O2. The number of amides is 2. The smallest absolute Gasteiger partial charge is 0.239 e. The van der Waals surface area contributed by atoms with Crippen LogP contribution in [-0.4, -0.2) is 28.1 Å². The minimum Gasteiger partial charge on any atom is -0.323 e. The Bertz CT molecular complexity index is 711. The number of carbonyl (C=O) groups is 2. The van der Waals surface area contributed by atoms with E-state index in [1.165, 1.54) is 35.4 Å². The zero-order valence-electron chi connectivity index (χ0n) is 12.0. The van der Waals surface area contributed by atoms with Crippen LogP contribution >= 0.6 is 0 Å². The predicted molar refractivity (Wildman–Crippen MR) is 78.7 cm³/mol. The van der Waals surface area contributed by atoms with Crippen LogP contribution in [-0.2, 0) is 16.6 Å². The SMILES string of the molecule is Cn1cc(NC(=O)C2CCN(c3ccc(F)cc3)C2=O)cn1. The van der Waals surface area contributed by atoms with Crippen LogP contribution in [0.15, 0.2) is 36.7 Å². The van der Waals surface area contributed by atoms with Crippen molar-refractivity contribution in [2.45, 2.75) is 6.42 Å². The van der Waals surface area contributed by atoms with Crippen LogP contribution in [0, 0.1) is 11.7 Å². The van der Waals surface area contributed by atoms with Crippen molar-refractivity contribution in [2.75, 3.05) is 16.8 Å². The fourth-order valence-electron chi connectivity index (χ4n) is 2.52. The van der Waals surface area contributed by atoms with Crippen molar-refractivity contribution in [1.82, 2.24) is 9.78 Å². The van der Waals surface area contributed by atoms with Gasteiger partial charge in [0.2, 0.25) is 11.8 Å². The number of hydrogen-bond acceptors (Lipinski definition) is 3. The third-order valence-electron chi connectivity index (χ3n) is 3.63. The lowest BCUT2D eigenvalue weighted by Crippen LogP contribution is -2.32. The number of rotatable bonds is 3. The van der Waals surface area contributed by atoms with E-state index in [0.717, 1.165) is 0 Å². The van der Waals surface area contributed by atoms with E-state index in [1.807, 2.05) is 0 Å².